The number of thioether (sulfide) groups is 1. The Hall–Kier alpha value is -2.03. The number of carbonyl (C=O) groups is 1. The maximum Gasteiger partial charge on any atom is 0.244 e. The van der Waals surface area contributed by atoms with E-state index in [9.17, 15) is 13.2 Å². The largest absolute Gasteiger partial charge is 0.325 e. The van der Waals surface area contributed by atoms with Gasteiger partial charge in [-0.25, -0.2) is 8.42 Å². The molecule has 2 aromatic rings. The van der Waals surface area contributed by atoms with E-state index in [2.05, 4.69) is 10.3 Å². The number of halogens is 1. The molecule has 0 spiro atoms. The monoisotopic (exact) mass is 449 g/mol. The number of anilines is 2. The van der Waals surface area contributed by atoms with E-state index in [1.165, 1.54) is 11.8 Å². The zero-order chi connectivity index (χ0) is 20.6. The first-order valence-electron chi connectivity index (χ1n) is 9.13. The smallest absolute Gasteiger partial charge is 0.244 e. The van der Waals surface area contributed by atoms with E-state index in [1.54, 1.807) is 12.1 Å². The molecule has 4 rings (SSSR count). The zero-order valence-corrected chi connectivity index (χ0v) is 18.1. The van der Waals surface area contributed by atoms with Crippen molar-refractivity contribution in [2.75, 3.05) is 28.3 Å². The number of aliphatic imine (C=N–C) groups is 1. The molecule has 0 aromatic heterocycles. The Morgan fingerprint density at radius 2 is 2.00 bits per heavy atom. The first-order chi connectivity index (χ1) is 13.8. The maximum absolute atomic E-state index is 12.7. The number of nitrogens with zero attached hydrogens (tertiary/aromatic N) is 2. The Balaban J connectivity index is 1.56. The molecule has 1 saturated heterocycles. The molecule has 9 heteroatoms. The van der Waals surface area contributed by atoms with Gasteiger partial charge in [0.1, 0.15) is 6.54 Å². The lowest BCUT2D eigenvalue weighted by Gasteiger charge is -2.24. The average Bonchev–Trinajstić information content (AvgIpc) is 3.14. The number of nitrogens with one attached hydrogen (secondary N) is 1. The molecule has 1 amide bonds. The molecule has 1 fully saturated rings. The van der Waals surface area contributed by atoms with Crippen molar-refractivity contribution in [3.05, 3.63) is 59.1 Å². The van der Waals surface area contributed by atoms with E-state index in [4.69, 9.17) is 11.6 Å². The standard InChI is InChI=1S/C20H20ClN3O3S2/c1-13-3-2-4-15(9-13)22-19(25)10-24(16-7-5-14(21)6-8-16)20-23-17-11-29(26,27)12-18(17)28-20/h2-9,17-18H,10-12H2,1H3,(H,22,25)/t17-,18-/m1/s1. The van der Waals surface area contributed by atoms with Crippen LogP contribution in [-0.4, -0.2) is 48.8 Å². The van der Waals surface area contributed by atoms with Gasteiger partial charge in [0.05, 0.1) is 17.5 Å². The van der Waals surface area contributed by atoms with Crippen molar-refractivity contribution in [1.29, 1.82) is 0 Å². The van der Waals surface area contributed by atoms with E-state index in [0.717, 1.165) is 16.9 Å². The third-order valence-electron chi connectivity index (χ3n) is 4.78. The third kappa shape index (κ3) is 4.76. The highest BCUT2D eigenvalue weighted by Gasteiger charge is 2.44. The Labute approximate surface area is 179 Å². The molecule has 0 unspecified atom stereocenters. The summed E-state index contributed by atoms with van der Waals surface area (Å²) in [6.07, 6.45) is 0. The van der Waals surface area contributed by atoms with Crippen LogP contribution in [0.1, 0.15) is 5.56 Å². The number of aryl methyl sites for hydroxylation is 1. The summed E-state index contributed by atoms with van der Waals surface area (Å²) in [6, 6.07) is 14.5. The highest BCUT2D eigenvalue weighted by atomic mass is 35.5. The van der Waals surface area contributed by atoms with Crippen molar-refractivity contribution in [3.8, 4) is 0 Å². The van der Waals surface area contributed by atoms with Crippen LogP contribution in [0.25, 0.3) is 0 Å². The molecule has 2 atom stereocenters. The Bertz CT molecular complexity index is 1070. The number of fused-ring (bicyclic) bond motifs is 1. The summed E-state index contributed by atoms with van der Waals surface area (Å²) in [7, 11) is -3.04. The molecular weight excluding hydrogens is 430 g/mol. The summed E-state index contributed by atoms with van der Waals surface area (Å²) in [5, 5.41) is 4.08. The van der Waals surface area contributed by atoms with Crippen LogP contribution in [0, 0.1) is 6.92 Å². The molecule has 2 aromatic carbocycles. The topological polar surface area (TPSA) is 78.8 Å². The highest BCUT2D eigenvalue weighted by molar-refractivity contribution is 8.15. The van der Waals surface area contributed by atoms with Crippen molar-refractivity contribution in [3.63, 3.8) is 0 Å². The van der Waals surface area contributed by atoms with Gasteiger partial charge in [0.25, 0.3) is 0 Å². The fraction of sp³-hybridized carbons (Fsp3) is 0.300. The van der Waals surface area contributed by atoms with Gasteiger partial charge in [-0.05, 0) is 48.9 Å². The average molecular weight is 450 g/mol. The molecule has 0 radical (unpaired) electrons. The molecule has 2 heterocycles. The minimum absolute atomic E-state index is 0.0631. The number of rotatable bonds is 4. The van der Waals surface area contributed by atoms with Crippen LogP contribution >= 0.6 is 23.4 Å². The number of hydrogen-bond acceptors (Lipinski definition) is 6. The van der Waals surface area contributed by atoms with Crippen molar-refractivity contribution in [1.82, 2.24) is 0 Å². The van der Waals surface area contributed by atoms with Gasteiger partial charge < -0.3 is 10.2 Å². The molecule has 0 bridgehead atoms. The maximum atomic E-state index is 12.7. The Morgan fingerprint density at radius 3 is 2.69 bits per heavy atom. The van der Waals surface area contributed by atoms with E-state index in [-0.39, 0.29) is 35.2 Å². The van der Waals surface area contributed by atoms with Gasteiger partial charge in [0, 0.05) is 21.6 Å². The van der Waals surface area contributed by atoms with Crippen molar-refractivity contribution in [2.24, 2.45) is 4.99 Å². The third-order valence-corrected chi connectivity index (χ3v) is 8.28. The molecule has 0 aliphatic carbocycles. The number of hydrogen-bond donors (Lipinski definition) is 1. The SMILES string of the molecule is Cc1cccc(NC(=O)CN(C2=N[C@@H]3CS(=O)(=O)C[C@H]3S2)c2ccc(Cl)cc2)c1. The van der Waals surface area contributed by atoms with Crippen molar-refractivity contribution < 1.29 is 13.2 Å². The number of benzene rings is 2. The number of amides is 1. The van der Waals surface area contributed by atoms with Gasteiger partial charge in [-0.3, -0.25) is 9.79 Å². The molecule has 2 aliphatic rings. The van der Waals surface area contributed by atoms with Crippen LogP contribution in [0.4, 0.5) is 11.4 Å². The molecule has 29 heavy (non-hydrogen) atoms. The van der Waals surface area contributed by atoms with Gasteiger partial charge >= 0.3 is 0 Å². The number of amidine groups is 1. The predicted octanol–water partition coefficient (Wildman–Crippen LogP) is 3.36. The molecule has 1 N–H and O–H groups in total. The molecule has 152 valence electrons. The summed E-state index contributed by atoms with van der Waals surface area (Å²) in [6.45, 7) is 2.03. The quantitative estimate of drug-likeness (QED) is 0.774. The molecular formula is C20H20ClN3O3S2. The van der Waals surface area contributed by atoms with E-state index < -0.39 is 9.84 Å². The van der Waals surface area contributed by atoms with Gasteiger partial charge in [0.2, 0.25) is 5.91 Å². The van der Waals surface area contributed by atoms with E-state index >= 15 is 0 Å². The van der Waals surface area contributed by atoms with Crippen LogP contribution in [0.3, 0.4) is 0 Å². The lowest BCUT2D eigenvalue weighted by molar-refractivity contribution is -0.114. The van der Waals surface area contributed by atoms with Gasteiger partial charge in [-0.1, -0.05) is 35.5 Å². The van der Waals surface area contributed by atoms with Gasteiger partial charge in [0.15, 0.2) is 15.0 Å². The van der Waals surface area contributed by atoms with Crippen LogP contribution in [0.2, 0.25) is 5.02 Å². The van der Waals surface area contributed by atoms with Gasteiger partial charge in [-0.15, -0.1) is 0 Å². The number of carbonyl (C=O) groups excluding carboxylic acids is 1. The molecule has 2 aliphatic heterocycles. The van der Waals surface area contributed by atoms with Crippen molar-refractivity contribution >= 4 is 55.6 Å². The Morgan fingerprint density at radius 1 is 1.24 bits per heavy atom. The molecule has 0 saturated carbocycles. The highest BCUT2D eigenvalue weighted by Crippen LogP contribution is 2.37. The Kier molecular flexibility index (Phi) is 5.59. The fourth-order valence-corrected chi connectivity index (χ4v) is 7.33. The van der Waals surface area contributed by atoms with Crippen LogP contribution in [0.5, 0.6) is 0 Å². The van der Waals surface area contributed by atoms with Gasteiger partial charge in [-0.2, -0.15) is 0 Å². The van der Waals surface area contributed by atoms with Crippen molar-refractivity contribution in [2.45, 2.75) is 18.2 Å². The van der Waals surface area contributed by atoms with Crippen LogP contribution in [0.15, 0.2) is 53.5 Å². The minimum atomic E-state index is -3.04. The first-order valence-corrected chi connectivity index (χ1v) is 12.2. The predicted molar refractivity (Wildman–Crippen MR) is 120 cm³/mol. The van der Waals surface area contributed by atoms with E-state index in [0.29, 0.717) is 10.2 Å². The fourth-order valence-electron chi connectivity index (χ4n) is 3.43. The summed E-state index contributed by atoms with van der Waals surface area (Å²) in [5.41, 5.74) is 2.57. The lowest BCUT2D eigenvalue weighted by atomic mass is 10.2. The second-order valence-corrected chi connectivity index (χ2v) is 11.0. The first kappa shape index (κ1) is 20.3. The molecule has 6 nitrogen and oxygen atoms in total. The zero-order valence-electron chi connectivity index (χ0n) is 15.7. The normalized spacial score (nSPS) is 22.1. The second kappa shape index (κ2) is 8.01. The summed E-state index contributed by atoms with van der Waals surface area (Å²) in [4.78, 5) is 19.2. The minimum Gasteiger partial charge on any atom is -0.325 e. The summed E-state index contributed by atoms with van der Waals surface area (Å²) >= 11 is 7.44. The summed E-state index contributed by atoms with van der Waals surface area (Å²) < 4.78 is 23.7. The number of sulfone groups is 1. The van der Waals surface area contributed by atoms with Crippen LogP contribution < -0.4 is 10.2 Å². The lowest BCUT2D eigenvalue weighted by Crippen LogP contribution is -2.36. The second-order valence-electron chi connectivity index (χ2n) is 7.19. The van der Waals surface area contributed by atoms with Crippen LogP contribution in [-0.2, 0) is 14.6 Å². The summed E-state index contributed by atoms with van der Waals surface area (Å²) in [5.74, 6) is 0.00994. The van der Waals surface area contributed by atoms with E-state index in [1.807, 2.05) is 48.2 Å².